The highest BCUT2D eigenvalue weighted by Crippen LogP contribution is 2.45. The molecule has 1 unspecified atom stereocenters. The zero-order chi connectivity index (χ0) is 23.8. The Morgan fingerprint density at radius 2 is 1.59 bits per heavy atom. The monoisotopic (exact) mass is 449 g/mol. The highest BCUT2D eigenvalue weighted by molar-refractivity contribution is 6.51. The van der Waals surface area contributed by atoms with Crippen LogP contribution in [-0.4, -0.2) is 23.9 Å². The van der Waals surface area contributed by atoms with Crippen molar-refractivity contribution in [3.05, 3.63) is 113 Å². The lowest BCUT2D eigenvalue weighted by atomic mass is 9.92. The Labute approximate surface area is 197 Å². The van der Waals surface area contributed by atoms with Crippen molar-refractivity contribution in [2.24, 2.45) is 0 Å². The molecule has 1 saturated heterocycles. The van der Waals surface area contributed by atoms with Crippen LogP contribution in [0, 0.1) is 6.92 Å². The van der Waals surface area contributed by atoms with Gasteiger partial charge in [-0.15, -0.1) is 0 Å². The normalized spacial score (nSPS) is 17.4. The van der Waals surface area contributed by atoms with Crippen LogP contribution in [0.4, 0.5) is 5.69 Å². The van der Waals surface area contributed by atoms with Crippen molar-refractivity contribution in [2.45, 2.75) is 13.0 Å². The van der Waals surface area contributed by atoms with E-state index in [4.69, 9.17) is 4.74 Å². The van der Waals surface area contributed by atoms with Gasteiger partial charge in [-0.2, -0.15) is 0 Å². The molecule has 1 atom stereocenters. The zero-order valence-corrected chi connectivity index (χ0v) is 18.9. The number of amides is 1. The molecule has 1 amide bonds. The van der Waals surface area contributed by atoms with Crippen LogP contribution in [0.3, 0.4) is 0 Å². The molecule has 1 heterocycles. The Bertz CT molecular complexity index is 1460. The fourth-order valence-electron chi connectivity index (χ4n) is 4.64. The van der Waals surface area contributed by atoms with Crippen molar-refractivity contribution in [3.63, 3.8) is 0 Å². The number of carbonyl (C=O) groups excluding carboxylic acids is 2. The molecule has 1 aliphatic heterocycles. The van der Waals surface area contributed by atoms with Crippen molar-refractivity contribution in [2.75, 3.05) is 12.0 Å². The topological polar surface area (TPSA) is 66.8 Å². The zero-order valence-electron chi connectivity index (χ0n) is 18.9. The van der Waals surface area contributed by atoms with E-state index in [9.17, 15) is 14.7 Å². The van der Waals surface area contributed by atoms with E-state index in [1.807, 2.05) is 79.7 Å². The second kappa shape index (κ2) is 8.52. The third kappa shape index (κ3) is 3.42. The van der Waals surface area contributed by atoms with Gasteiger partial charge in [-0.1, -0.05) is 72.8 Å². The third-order valence-corrected chi connectivity index (χ3v) is 6.20. The number of benzene rings is 4. The summed E-state index contributed by atoms with van der Waals surface area (Å²) in [6.07, 6.45) is 0. The van der Waals surface area contributed by atoms with Crippen molar-refractivity contribution >= 4 is 33.9 Å². The number of hydrogen-bond acceptors (Lipinski definition) is 4. The first-order chi connectivity index (χ1) is 16.5. The van der Waals surface area contributed by atoms with Gasteiger partial charge >= 0.3 is 0 Å². The van der Waals surface area contributed by atoms with Gasteiger partial charge in [0, 0.05) is 16.8 Å². The van der Waals surface area contributed by atoms with Crippen LogP contribution >= 0.6 is 0 Å². The lowest BCUT2D eigenvalue weighted by molar-refractivity contribution is -0.132. The highest BCUT2D eigenvalue weighted by atomic mass is 16.5. The molecule has 0 aliphatic carbocycles. The minimum atomic E-state index is -0.850. The minimum Gasteiger partial charge on any atom is -0.507 e. The second-order valence-corrected chi connectivity index (χ2v) is 8.28. The van der Waals surface area contributed by atoms with Crippen LogP contribution in [0.5, 0.6) is 5.75 Å². The van der Waals surface area contributed by atoms with Crippen LogP contribution in [0.1, 0.15) is 22.7 Å². The van der Waals surface area contributed by atoms with Gasteiger partial charge in [-0.05, 0) is 41.5 Å². The van der Waals surface area contributed by atoms with Gasteiger partial charge in [-0.25, -0.2) is 0 Å². The maximum absolute atomic E-state index is 13.5. The summed E-state index contributed by atoms with van der Waals surface area (Å²) in [5.41, 5.74) is 2.68. The van der Waals surface area contributed by atoms with Crippen LogP contribution in [0.2, 0.25) is 0 Å². The molecule has 5 nitrogen and oxygen atoms in total. The Kier molecular flexibility index (Phi) is 5.38. The molecule has 0 aromatic heterocycles. The SMILES string of the molecule is COc1ccccc1C1/C(=C(\O)c2cccc3ccccc23)C(=O)C(=O)N1c1cccc(C)c1. The van der Waals surface area contributed by atoms with Gasteiger partial charge in [0.15, 0.2) is 0 Å². The van der Waals surface area contributed by atoms with Gasteiger partial charge in [0.2, 0.25) is 0 Å². The number of ketones is 1. The number of para-hydroxylation sites is 1. The first kappa shape index (κ1) is 21.5. The minimum absolute atomic E-state index is 0.0346. The molecular weight excluding hydrogens is 426 g/mol. The smallest absolute Gasteiger partial charge is 0.300 e. The van der Waals surface area contributed by atoms with Crippen molar-refractivity contribution in [3.8, 4) is 5.75 Å². The first-order valence-corrected chi connectivity index (χ1v) is 11.0. The number of nitrogens with zero attached hydrogens (tertiary/aromatic N) is 1. The van der Waals surface area contributed by atoms with E-state index in [-0.39, 0.29) is 11.3 Å². The van der Waals surface area contributed by atoms with Gasteiger partial charge < -0.3 is 9.84 Å². The fourth-order valence-corrected chi connectivity index (χ4v) is 4.64. The molecule has 0 radical (unpaired) electrons. The van der Waals surface area contributed by atoms with Crippen LogP contribution in [0.25, 0.3) is 16.5 Å². The number of aliphatic hydroxyl groups excluding tert-OH is 1. The van der Waals surface area contributed by atoms with E-state index in [2.05, 4.69) is 0 Å². The summed E-state index contributed by atoms with van der Waals surface area (Å²) in [6, 6.07) is 27.0. The van der Waals surface area contributed by atoms with Crippen LogP contribution in [-0.2, 0) is 9.59 Å². The van der Waals surface area contributed by atoms with Gasteiger partial charge in [0.25, 0.3) is 11.7 Å². The quantitative estimate of drug-likeness (QED) is 0.244. The number of methoxy groups -OCH3 is 1. The molecule has 168 valence electrons. The number of hydrogen-bond donors (Lipinski definition) is 1. The van der Waals surface area contributed by atoms with E-state index in [1.165, 1.54) is 4.90 Å². The van der Waals surface area contributed by atoms with E-state index in [0.717, 1.165) is 16.3 Å². The number of aryl methyl sites for hydroxylation is 1. The summed E-state index contributed by atoms with van der Waals surface area (Å²) in [7, 11) is 1.54. The fraction of sp³-hybridized carbons (Fsp3) is 0.103. The maximum Gasteiger partial charge on any atom is 0.300 e. The molecule has 4 aromatic carbocycles. The maximum atomic E-state index is 13.5. The largest absolute Gasteiger partial charge is 0.507 e. The highest BCUT2D eigenvalue weighted by Gasteiger charge is 2.48. The predicted molar refractivity (Wildman–Crippen MR) is 133 cm³/mol. The Morgan fingerprint density at radius 3 is 2.38 bits per heavy atom. The Morgan fingerprint density at radius 1 is 0.882 bits per heavy atom. The Balaban J connectivity index is 1.81. The van der Waals surface area contributed by atoms with Gasteiger partial charge in [-0.3, -0.25) is 14.5 Å². The molecule has 34 heavy (non-hydrogen) atoms. The van der Waals surface area contributed by atoms with Crippen molar-refractivity contribution in [1.82, 2.24) is 0 Å². The molecular formula is C29H23NO4. The molecule has 4 aromatic rings. The summed E-state index contributed by atoms with van der Waals surface area (Å²) >= 11 is 0. The van der Waals surface area contributed by atoms with Crippen LogP contribution in [0.15, 0.2) is 96.6 Å². The standard InChI is InChI=1S/C29H23NO4/c1-18-9-7-12-20(17-18)30-26(23-14-5-6-16-24(23)34-2)25(28(32)29(30)33)27(31)22-15-8-11-19-10-3-4-13-21(19)22/h3-17,26,31H,1-2H3/b27-25+. The number of carbonyl (C=O) groups is 2. The van der Waals surface area contributed by atoms with E-state index in [1.54, 1.807) is 25.3 Å². The summed E-state index contributed by atoms with van der Waals surface area (Å²) in [4.78, 5) is 28.3. The Hall–Kier alpha value is -4.38. The number of aliphatic hydroxyl groups is 1. The summed E-state index contributed by atoms with van der Waals surface area (Å²) in [5, 5.41) is 13.3. The van der Waals surface area contributed by atoms with Crippen molar-refractivity contribution < 1.29 is 19.4 Å². The summed E-state index contributed by atoms with van der Waals surface area (Å²) in [6.45, 7) is 1.92. The summed E-state index contributed by atoms with van der Waals surface area (Å²) < 4.78 is 5.59. The van der Waals surface area contributed by atoms with Crippen LogP contribution < -0.4 is 9.64 Å². The number of anilines is 1. The molecule has 5 rings (SSSR count). The van der Waals surface area contributed by atoms with Gasteiger partial charge in [0.1, 0.15) is 11.5 Å². The lowest BCUT2D eigenvalue weighted by Gasteiger charge is -2.27. The average molecular weight is 450 g/mol. The second-order valence-electron chi connectivity index (χ2n) is 8.28. The van der Waals surface area contributed by atoms with Crippen molar-refractivity contribution in [1.29, 1.82) is 0 Å². The summed E-state index contributed by atoms with van der Waals surface area (Å²) in [5.74, 6) is -1.11. The molecule has 0 saturated carbocycles. The number of Topliss-reactive ketones (excluding diaryl/α,β-unsaturated/α-hetero) is 1. The number of ether oxygens (including phenoxy) is 1. The van der Waals surface area contributed by atoms with Gasteiger partial charge in [0.05, 0.1) is 18.7 Å². The van der Waals surface area contributed by atoms with E-state index >= 15 is 0 Å². The molecule has 1 N–H and O–H groups in total. The molecule has 1 aliphatic rings. The first-order valence-electron chi connectivity index (χ1n) is 11.0. The van der Waals surface area contributed by atoms with E-state index < -0.39 is 17.7 Å². The molecule has 0 spiro atoms. The molecule has 5 heteroatoms. The predicted octanol–water partition coefficient (Wildman–Crippen LogP) is 5.78. The number of fused-ring (bicyclic) bond motifs is 1. The average Bonchev–Trinajstić information content (AvgIpc) is 3.13. The molecule has 1 fully saturated rings. The van der Waals surface area contributed by atoms with E-state index in [0.29, 0.717) is 22.6 Å². The number of rotatable bonds is 4. The lowest BCUT2D eigenvalue weighted by Crippen LogP contribution is -2.29. The molecule has 0 bridgehead atoms. The third-order valence-electron chi connectivity index (χ3n) is 6.20.